The Balaban J connectivity index is 2.33. The van der Waals surface area contributed by atoms with Gasteiger partial charge in [0.1, 0.15) is 23.6 Å². The van der Waals surface area contributed by atoms with Gasteiger partial charge in [-0.05, 0) is 20.3 Å². The summed E-state index contributed by atoms with van der Waals surface area (Å²) in [5.74, 6) is -2.45. The van der Waals surface area contributed by atoms with Crippen molar-refractivity contribution in [1.29, 1.82) is 0 Å². The van der Waals surface area contributed by atoms with Crippen LogP contribution in [0, 0.1) is 18.3 Å². The van der Waals surface area contributed by atoms with Crippen molar-refractivity contribution in [2.75, 3.05) is 6.61 Å². The van der Waals surface area contributed by atoms with E-state index in [1.807, 2.05) is 6.92 Å². The lowest BCUT2D eigenvalue weighted by Crippen LogP contribution is -2.47. The van der Waals surface area contributed by atoms with Gasteiger partial charge in [-0.1, -0.05) is 32.4 Å². The van der Waals surface area contributed by atoms with E-state index in [-0.39, 0.29) is 18.7 Å². The third kappa shape index (κ3) is 7.32. The number of nitrogens with zero attached hydrogens (tertiary/aromatic N) is 1. The highest BCUT2D eigenvalue weighted by molar-refractivity contribution is 5.88. The van der Waals surface area contributed by atoms with E-state index in [9.17, 15) is 19.8 Å². The maximum atomic E-state index is 15.0. The smallest absolute Gasteiger partial charge is 0.309 e. The molecule has 2 heterocycles. The number of carbonyl (C=O) groups excluding carboxylic acids is 2. The Bertz CT molecular complexity index is 920. The summed E-state index contributed by atoms with van der Waals surface area (Å²) in [4.78, 5) is 29.7. The Kier molecular flexibility index (Phi) is 9.73. The number of aryl methyl sites for hydroxylation is 1. The van der Waals surface area contributed by atoms with Crippen LogP contribution in [0.4, 0.5) is 4.39 Å². The standard InChI is InChI=1S/C25H36FNO7/c1-14-7-8-20(19(26)11-18-13-33-17(4)27-18)34-22(29)12-21(28)25(5,6)24(31)15(2)23(30)16(3)32-10-9-14/h7,11,13,15-16,20-21,23,28,30H,8-10,12H2,1-6H3/b14-7-,19-11-/t15-,16-,20+,21+,23+/m1/s1. The molecule has 1 aromatic rings. The zero-order valence-corrected chi connectivity index (χ0v) is 20.7. The molecule has 190 valence electrons. The van der Waals surface area contributed by atoms with Crippen LogP contribution in [0.3, 0.4) is 0 Å². The lowest BCUT2D eigenvalue weighted by Gasteiger charge is -2.34. The number of esters is 1. The molecule has 0 saturated heterocycles. The predicted octanol–water partition coefficient (Wildman–Crippen LogP) is 3.69. The van der Waals surface area contributed by atoms with E-state index in [1.165, 1.54) is 20.1 Å². The normalized spacial score (nSPS) is 32.1. The number of hydrogen-bond donors (Lipinski definition) is 2. The fraction of sp³-hybridized carbons (Fsp3) is 0.640. The third-order valence-corrected chi connectivity index (χ3v) is 6.30. The van der Waals surface area contributed by atoms with Gasteiger partial charge in [-0.3, -0.25) is 9.59 Å². The van der Waals surface area contributed by atoms with Crippen LogP contribution in [0.1, 0.15) is 65.5 Å². The average Bonchev–Trinajstić information content (AvgIpc) is 3.18. The molecular formula is C25H36FNO7. The van der Waals surface area contributed by atoms with E-state index in [0.717, 1.165) is 11.6 Å². The molecule has 34 heavy (non-hydrogen) atoms. The maximum Gasteiger partial charge on any atom is 0.309 e. The van der Waals surface area contributed by atoms with Crippen molar-refractivity contribution in [3.63, 3.8) is 0 Å². The molecule has 0 spiro atoms. The molecule has 0 unspecified atom stereocenters. The number of Topliss-reactive ketones (excluding diaryl/α,β-unsaturated/α-hetero) is 1. The predicted molar refractivity (Wildman–Crippen MR) is 123 cm³/mol. The summed E-state index contributed by atoms with van der Waals surface area (Å²) in [6.07, 6.45) is -0.0853. The van der Waals surface area contributed by atoms with Crippen molar-refractivity contribution >= 4 is 17.8 Å². The molecule has 5 atom stereocenters. The van der Waals surface area contributed by atoms with Gasteiger partial charge in [0.15, 0.2) is 12.0 Å². The Labute approximate surface area is 199 Å². The number of carbonyl (C=O) groups is 2. The first-order chi connectivity index (χ1) is 15.8. The monoisotopic (exact) mass is 481 g/mol. The summed E-state index contributed by atoms with van der Waals surface area (Å²) >= 11 is 0. The highest BCUT2D eigenvalue weighted by Gasteiger charge is 2.42. The van der Waals surface area contributed by atoms with E-state index in [0.29, 0.717) is 12.3 Å². The van der Waals surface area contributed by atoms with Crippen molar-refractivity contribution in [1.82, 2.24) is 4.98 Å². The highest BCUT2D eigenvalue weighted by atomic mass is 19.1. The van der Waals surface area contributed by atoms with Crippen LogP contribution < -0.4 is 0 Å². The molecule has 0 saturated carbocycles. The molecule has 1 aromatic heterocycles. The first-order valence-corrected chi connectivity index (χ1v) is 11.5. The van der Waals surface area contributed by atoms with Gasteiger partial charge in [0, 0.05) is 25.3 Å². The van der Waals surface area contributed by atoms with E-state index < -0.39 is 59.7 Å². The van der Waals surface area contributed by atoms with Crippen LogP contribution in [0.2, 0.25) is 0 Å². The van der Waals surface area contributed by atoms with Gasteiger partial charge in [0.2, 0.25) is 0 Å². The second-order valence-corrected chi connectivity index (χ2v) is 9.50. The number of aromatic nitrogens is 1. The quantitative estimate of drug-likeness (QED) is 0.485. The van der Waals surface area contributed by atoms with Gasteiger partial charge in [-0.2, -0.15) is 0 Å². The summed E-state index contributed by atoms with van der Waals surface area (Å²) in [6, 6.07) is 0. The maximum absolute atomic E-state index is 15.0. The van der Waals surface area contributed by atoms with E-state index in [2.05, 4.69) is 4.98 Å². The Morgan fingerprint density at radius 2 is 1.91 bits per heavy atom. The summed E-state index contributed by atoms with van der Waals surface area (Å²) in [5, 5.41) is 21.3. The summed E-state index contributed by atoms with van der Waals surface area (Å²) in [7, 11) is 0. The van der Waals surface area contributed by atoms with Gasteiger partial charge in [0.25, 0.3) is 0 Å². The number of hydrogen-bond acceptors (Lipinski definition) is 8. The van der Waals surface area contributed by atoms with Crippen molar-refractivity contribution in [2.24, 2.45) is 11.3 Å². The van der Waals surface area contributed by atoms with E-state index in [4.69, 9.17) is 13.9 Å². The van der Waals surface area contributed by atoms with Crippen LogP contribution in [0.15, 0.2) is 28.2 Å². The van der Waals surface area contributed by atoms with Crippen LogP contribution >= 0.6 is 0 Å². The van der Waals surface area contributed by atoms with Gasteiger partial charge in [-0.25, -0.2) is 9.37 Å². The molecule has 0 radical (unpaired) electrons. The number of aliphatic hydroxyl groups excluding tert-OH is 2. The SMILES string of the molecule is C/C1=C/C[C@@H](/C(F)=C/c2coc(C)n2)OC(=O)C[C@H](O)C(C)(C)C(=O)[C@H](C)[C@H](O)[C@@H](C)OCC1. The first-order valence-electron chi connectivity index (χ1n) is 11.5. The minimum Gasteiger partial charge on any atom is -0.455 e. The number of halogens is 1. The first kappa shape index (κ1) is 27.9. The zero-order chi connectivity index (χ0) is 25.6. The van der Waals surface area contributed by atoms with Crippen molar-refractivity contribution in [2.45, 2.75) is 85.2 Å². The van der Waals surface area contributed by atoms with Crippen LogP contribution in [-0.4, -0.2) is 58.0 Å². The van der Waals surface area contributed by atoms with E-state index >= 15 is 4.39 Å². The molecule has 0 aliphatic carbocycles. The van der Waals surface area contributed by atoms with Crippen LogP contribution in [0.25, 0.3) is 6.08 Å². The Morgan fingerprint density at radius 1 is 1.24 bits per heavy atom. The average molecular weight is 482 g/mol. The molecule has 9 heteroatoms. The Hall–Kier alpha value is -2.36. The van der Waals surface area contributed by atoms with Crippen LogP contribution in [0.5, 0.6) is 0 Å². The second kappa shape index (κ2) is 11.9. The molecule has 0 aromatic carbocycles. The third-order valence-electron chi connectivity index (χ3n) is 6.30. The fourth-order valence-electron chi connectivity index (χ4n) is 3.74. The Morgan fingerprint density at radius 3 is 2.53 bits per heavy atom. The van der Waals surface area contributed by atoms with Gasteiger partial charge < -0.3 is 24.1 Å². The molecule has 0 fully saturated rings. The van der Waals surface area contributed by atoms with E-state index in [1.54, 1.807) is 26.8 Å². The fourth-order valence-corrected chi connectivity index (χ4v) is 3.74. The number of ether oxygens (including phenoxy) is 2. The molecule has 0 amide bonds. The van der Waals surface area contributed by atoms with Crippen molar-refractivity contribution in [3.05, 3.63) is 35.3 Å². The molecule has 1 aliphatic heterocycles. The van der Waals surface area contributed by atoms with Gasteiger partial charge in [-0.15, -0.1) is 0 Å². The lowest BCUT2D eigenvalue weighted by atomic mass is 9.74. The topological polar surface area (TPSA) is 119 Å². The summed E-state index contributed by atoms with van der Waals surface area (Å²) < 4.78 is 31.2. The van der Waals surface area contributed by atoms with Crippen LogP contribution in [-0.2, 0) is 19.1 Å². The minimum absolute atomic E-state index is 0.0599. The number of cyclic esters (lactones) is 1. The molecule has 2 N–H and O–H groups in total. The van der Waals surface area contributed by atoms with Crippen molar-refractivity contribution < 1.29 is 38.1 Å². The number of rotatable bonds is 2. The molecule has 1 aliphatic rings. The molecular weight excluding hydrogens is 445 g/mol. The van der Waals surface area contributed by atoms with Gasteiger partial charge in [0.05, 0.1) is 36.8 Å². The molecule has 8 nitrogen and oxygen atoms in total. The lowest BCUT2D eigenvalue weighted by molar-refractivity contribution is -0.155. The molecule has 0 bridgehead atoms. The zero-order valence-electron chi connectivity index (χ0n) is 20.7. The largest absolute Gasteiger partial charge is 0.455 e. The summed E-state index contributed by atoms with van der Waals surface area (Å²) in [6.45, 7) is 10.0. The van der Waals surface area contributed by atoms with Crippen molar-refractivity contribution in [3.8, 4) is 0 Å². The number of aliphatic hydroxyl groups is 2. The summed E-state index contributed by atoms with van der Waals surface area (Å²) in [5.41, 5.74) is -0.222. The number of ketones is 1. The van der Waals surface area contributed by atoms with Gasteiger partial charge >= 0.3 is 5.97 Å². The highest BCUT2D eigenvalue weighted by Crippen LogP contribution is 2.31. The minimum atomic E-state index is -1.39. The second-order valence-electron chi connectivity index (χ2n) is 9.50. The number of oxazole rings is 1. The molecule has 2 rings (SSSR count).